The molecule has 6 rings (SSSR count). The lowest BCUT2D eigenvalue weighted by Crippen LogP contribution is -2.51. The SMILES string of the molecule is CC1(C(=O)NC2CCCCC2)COC(c2nc(-c3ccc(F)cc3)c(-c3ccnc(NCC4CCCO4)n3)[nH]2)OC1. The van der Waals surface area contributed by atoms with E-state index in [-0.39, 0.29) is 37.1 Å². The average Bonchev–Trinajstić information content (AvgIpc) is 3.69. The molecule has 3 N–H and O–H groups in total. The fourth-order valence-electron chi connectivity index (χ4n) is 5.60. The van der Waals surface area contributed by atoms with Crippen LogP contribution in [0.2, 0.25) is 0 Å². The molecule has 2 aromatic heterocycles. The van der Waals surface area contributed by atoms with Gasteiger partial charge >= 0.3 is 0 Å². The number of nitrogens with one attached hydrogen (secondary N) is 3. The Morgan fingerprint density at radius 2 is 1.80 bits per heavy atom. The van der Waals surface area contributed by atoms with Crippen LogP contribution < -0.4 is 10.6 Å². The molecule has 1 saturated carbocycles. The molecule has 10 nitrogen and oxygen atoms in total. The summed E-state index contributed by atoms with van der Waals surface area (Å²) in [4.78, 5) is 30.3. The van der Waals surface area contributed by atoms with Crippen LogP contribution in [-0.2, 0) is 19.0 Å². The lowest BCUT2D eigenvalue weighted by molar-refractivity contribution is -0.231. The highest BCUT2D eigenvalue weighted by molar-refractivity contribution is 5.83. The molecule has 218 valence electrons. The maximum Gasteiger partial charge on any atom is 0.230 e. The van der Waals surface area contributed by atoms with Crippen LogP contribution >= 0.6 is 0 Å². The molecule has 0 radical (unpaired) electrons. The Bertz CT molecular complexity index is 1330. The second kappa shape index (κ2) is 12.2. The number of carbonyl (C=O) groups excluding carboxylic acids is 1. The number of aromatic nitrogens is 4. The van der Waals surface area contributed by atoms with Crippen molar-refractivity contribution in [1.29, 1.82) is 0 Å². The first-order valence-corrected chi connectivity index (χ1v) is 14.6. The molecule has 41 heavy (non-hydrogen) atoms. The van der Waals surface area contributed by atoms with E-state index in [9.17, 15) is 9.18 Å². The molecule has 2 aliphatic heterocycles. The number of rotatable bonds is 8. The van der Waals surface area contributed by atoms with Crippen LogP contribution in [0.4, 0.5) is 10.3 Å². The summed E-state index contributed by atoms with van der Waals surface area (Å²) in [6.45, 7) is 3.66. The van der Waals surface area contributed by atoms with E-state index < -0.39 is 11.7 Å². The Morgan fingerprint density at radius 1 is 1.02 bits per heavy atom. The predicted molar refractivity (Wildman–Crippen MR) is 150 cm³/mol. The smallest absolute Gasteiger partial charge is 0.230 e. The number of hydrogen-bond acceptors (Lipinski definition) is 8. The molecule has 3 aliphatic rings. The van der Waals surface area contributed by atoms with E-state index in [0.717, 1.165) is 45.1 Å². The standard InChI is InChI=1S/C30H37FN6O4/c1-30(28(38)34-21-6-3-2-4-7-21)17-40-27(41-18-30)26-36-24(19-9-11-20(31)12-10-19)25(37-26)23-13-14-32-29(35-23)33-16-22-8-5-15-39-22/h9-14,21-22,27H,2-8,15-18H2,1H3,(H,34,38)(H,36,37)(H,32,33,35). The Labute approximate surface area is 238 Å². The number of anilines is 1. The molecule has 2 saturated heterocycles. The van der Waals surface area contributed by atoms with Crippen LogP contribution in [0.1, 0.15) is 64.0 Å². The summed E-state index contributed by atoms with van der Waals surface area (Å²) in [5.41, 5.74) is 1.74. The molecule has 0 bridgehead atoms. The average molecular weight is 565 g/mol. The van der Waals surface area contributed by atoms with E-state index in [1.54, 1.807) is 24.4 Å². The second-order valence-corrected chi connectivity index (χ2v) is 11.5. The monoisotopic (exact) mass is 564 g/mol. The molecule has 1 aliphatic carbocycles. The largest absolute Gasteiger partial charge is 0.376 e. The molecule has 1 unspecified atom stereocenters. The maximum absolute atomic E-state index is 13.7. The van der Waals surface area contributed by atoms with Crippen molar-refractivity contribution in [2.75, 3.05) is 31.7 Å². The predicted octanol–water partition coefficient (Wildman–Crippen LogP) is 4.76. The number of carbonyl (C=O) groups is 1. The minimum Gasteiger partial charge on any atom is -0.376 e. The number of imidazole rings is 1. The summed E-state index contributed by atoms with van der Waals surface area (Å²) in [7, 11) is 0. The van der Waals surface area contributed by atoms with Gasteiger partial charge in [0.15, 0.2) is 5.82 Å². The van der Waals surface area contributed by atoms with Gasteiger partial charge in [0, 0.05) is 31.0 Å². The van der Waals surface area contributed by atoms with Gasteiger partial charge in [-0.15, -0.1) is 0 Å². The van der Waals surface area contributed by atoms with Crippen molar-refractivity contribution in [2.45, 2.75) is 70.3 Å². The van der Waals surface area contributed by atoms with Crippen molar-refractivity contribution in [3.8, 4) is 22.6 Å². The lowest BCUT2D eigenvalue weighted by Gasteiger charge is -2.37. The number of halogens is 1. The highest BCUT2D eigenvalue weighted by Crippen LogP contribution is 2.36. The number of amides is 1. The molecule has 1 aromatic carbocycles. The summed E-state index contributed by atoms with van der Waals surface area (Å²) >= 11 is 0. The molecule has 3 aromatic rings. The number of aromatic amines is 1. The number of benzene rings is 1. The summed E-state index contributed by atoms with van der Waals surface area (Å²) in [6.07, 6.45) is 8.65. The first-order valence-electron chi connectivity index (χ1n) is 14.6. The van der Waals surface area contributed by atoms with Crippen LogP contribution in [0.5, 0.6) is 0 Å². The van der Waals surface area contributed by atoms with E-state index in [4.69, 9.17) is 24.2 Å². The Hall–Kier alpha value is -3.41. The Morgan fingerprint density at radius 3 is 2.54 bits per heavy atom. The zero-order valence-electron chi connectivity index (χ0n) is 23.3. The highest BCUT2D eigenvalue weighted by atomic mass is 19.1. The minimum absolute atomic E-state index is 0.0426. The quantitative estimate of drug-likeness (QED) is 0.358. The third-order valence-corrected chi connectivity index (χ3v) is 8.08. The van der Waals surface area contributed by atoms with Crippen LogP contribution in [0.15, 0.2) is 36.5 Å². The van der Waals surface area contributed by atoms with Crippen molar-refractivity contribution in [3.05, 3.63) is 48.2 Å². The molecular formula is C30H37FN6O4. The van der Waals surface area contributed by atoms with Gasteiger partial charge in [0.1, 0.15) is 5.82 Å². The summed E-state index contributed by atoms with van der Waals surface area (Å²) in [6, 6.07) is 8.14. The lowest BCUT2D eigenvalue weighted by atomic mass is 9.89. The van der Waals surface area contributed by atoms with E-state index in [1.165, 1.54) is 18.6 Å². The zero-order valence-corrected chi connectivity index (χ0v) is 23.3. The van der Waals surface area contributed by atoms with Crippen molar-refractivity contribution in [2.24, 2.45) is 5.41 Å². The maximum atomic E-state index is 13.7. The number of H-pyrrole nitrogens is 1. The van der Waals surface area contributed by atoms with Crippen LogP contribution in [0, 0.1) is 11.2 Å². The van der Waals surface area contributed by atoms with Crippen LogP contribution in [0.25, 0.3) is 22.6 Å². The van der Waals surface area contributed by atoms with Crippen molar-refractivity contribution < 1.29 is 23.4 Å². The highest BCUT2D eigenvalue weighted by Gasteiger charge is 2.41. The van der Waals surface area contributed by atoms with Crippen molar-refractivity contribution >= 4 is 11.9 Å². The fourth-order valence-corrected chi connectivity index (χ4v) is 5.60. The number of ether oxygens (including phenoxy) is 3. The summed E-state index contributed by atoms with van der Waals surface area (Å²) in [5, 5.41) is 6.46. The van der Waals surface area contributed by atoms with Crippen molar-refractivity contribution in [3.63, 3.8) is 0 Å². The van der Waals surface area contributed by atoms with E-state index in [0.29, 0.717) is 41.0 Å². The van der Waals surface area contributed by atoms with Gasteiger partial charge in [-0.05, 0) is 62.9 Å². The molecule has 4 heterocycles. The van der Waals surface area contributed by atoms with Gasteiger partial charge in [-0.3, -0.25) is 4.79 Å². The summed E-state index contributed by atoms with van der Waals surface area (Å²) in [5.74, 6) is 0.545. The topological polar surface area (TPSA) is 123 Å². The van der Waals surface area contributed by atoms with E-state index in [2.05, 4.69) is 20.6 Å². The third-order valence-electron chi connectivity index (χ3n) is 8.08. The number of nitrogens with zero attached hydrogens (tertiary/aromatic N) is 3. The van der Waals surface area contributed by atoms with Crippen molar-refractivity contribution in [1.82, 2.24) is 25.3 Å². The van der Waals surface area contributed by atoms with Crippen LogP contribution in [-0.4, -0.2) is 64.4 Å². The third kappa shape index (κ3) is 6.42. The Balaban J connectivity index is 1.20. The van der Waals surface area contributed by atoms with Gasteiger partial charge in [0.25, 0.3) is 0 Å². The molecular weight excluding hydrogens is 527 g/mol. The molecule has 3 fully saturated rings. The second-order valence-electron chi connectivity index (χ2n) is 11.5. The Kier molecular flexibility index (Phi) is 8.27. The van der Waals surface area contributed by atoms with Gasteiger partial charge in [-0.1, -0.05) is 19.3 Å². The minimum atomic E-state index is -0.794. The van der Waals surface area contributed by atoms with Gasteiger partial charge in [-0.25, -0.2) is 19.3 Å². The first-order chi connectivity index (χ1) is 20.0. The normalized spacial score (nSPS) is 25.2. The molecule has 0 spiro atoms. The van der Waals surface area contributed by atoms with Gasteiger partial charge < -0.3 is 29.8 Å². The molecule has 1 amide bonds. The molecule has 1 atom stereocenters. The first kappa shape index (κ1) is 27.7. The zero-order chi connectivity index (χ0) is 28.2. The number of hydrogen-bond donors (Lipinski definition) is 3. The summed E-state index contributed by atoms with van der Waals surface area (Å²) < 4.78 is 31.6. The van der Waals surface area contributed by atoms with Gasteiger partial charge in [-0.2, -0.15) is 0 Å². The fraction of sp³-hybridized carbons (Fsp3) is 0.533. The van der Waals surface area contributed by atoms with Gasteiger partial charge in [0.05, 0.1) is 41.8 Å². The van der Waals surface area contributed by atoms with Crippen LogP contribution in [0.3, 0.4) is 0 Å². The molecule has 11 heteroatoms. The van der Waals surface area contributed by atoms with Gasteiger partial charge in [0.2, 0.25) is 18.1 Å². The van der Waals surface area contributed by atoms with E-state index in [1.807, 2.05) is 6.92 Å². The van der Waals surface area contributed by atoms with E-state index >= 15 is 0 Å².